The summed E-state index contributed by atoms with van der Waals surface area (Å²) in [6.45, 7) is -0.167. The van der Waals surface area contributed by atoms with E-state index in [1.807, 2.05) is 48.5 Å². The Morgan fingerprint density at radius 3 is 2.40 bits per heavy atom. The van der Waals surface area contributed by atoms with Gasteiger partial charge in [-0.2, -0.15) is 5.10 Å². The molecule has 0 aromatic heterocycles. The van der Waals surface area contributed by atoms with Gasteiger partial charge in [0.1, 0.15) is 17.8 Å². The third-order valence-electron chi connectivity index (χ3n) is 6.15. The second-order valence-electron chi connectivity index (χ2n) is 8.28. The minimum absolute atomic E-state index is 0.167. The van der Waals surface area contributed by atoms with Crippen molar-refractivity contribution in [3.63, 3.8) is 0 Å². The van der Waals surface area contributed by atoms with E-state index < -0.39 is 0 Å². The Bertz CT molecular complexity index is 1390. The van der Waals surface area contributed by atoms with Gasteiger partial charge >= 0.3 is 0 Å². The predicted molar refractivity (Wildman–Crippen MR) is 135 cm³/mol. The summed E-state index contributed by atoms with van der Waals surface area (Å²) < 4.78 is 11.0. The highest BCUT2D eigenvalue weighted by molar-refractivity contribution is 6.12. The lowest BCUT2D eigenvalue weighted by molar-refractivity contribution is -0.135. The van der Waals surface area contributed by atoms with Crippen LogP contribution in [0.25, 0.3) is 10.8 Å². The van der Waals surface area contributed by atoms with E-state index in [0.29, 0.717) is 17.7 Å². The van der Waals surface area contributed by atoms with Crippen LogP contribution in [0.2, 0.25) is 0 Å². The first-order valence-electron chi connectivity index (χ1n) is 11.4. The van der Waals surface area contributed by atoms with Gasteiger partial charge in [0.15, 0.2) is 6.61 Å². The zero-order chi connectivity index (χ0) is 24.2. The largest absolute Gasteiger partial charge is 0.497 e. The van der Waals surface area contributed by atoms with Crippen molar-refractivity contribution in [2.24, 2.45) is 5.10 Å². The number of ether oxygens (including phenoxy) is 2. The lowest BCUT2D eigenvalue weighted by Gasteiger charge is -2.22. The molecule has 0 radical (unpaired) electrons. The van der Waals surface area contributed by atoms with Crippen molar-refractivity contribution in [3.8, 4) is 11.5 Å². The number of methoxy groups -OCH3 is 1. The van der Waals surface area contributed by atoms with Crippen LogP contribution < -0.4 is 9.47 Å². The topological polar surface area (TPSA) is 68.2 Å². The highest BCUT2D eigenvalue weighted by Crippen LogP contribution is 2.35. The third kappa shape index (κ3) is 4.64. The molecule has 174 valence electrons. The van der Waals surface area contributed by atoms with E-state index in [1.165, 1.54) is 5.01 Å². The number of aldehydes is 1. The fraction of sp³-hybridized carbons (Fsp3) is 0.138. The minimum Gasteiger partial charge on any atom is -0.497 e. The Hall–Kier alpha value is -4.45. The van der Waals surface area contributed by atoms with Gasteiger partial charge in [-0.15, -0.1) is 0 Å². The number of hydrazone groups is 1. The Morgan fingerprint density at radius 2 is 1.66 bits per heavy atom. The van der Waals surface area contributed by atoms with Crippen molar-refractivity contribution in [2.75, 3.05) is 13.7 Å². The SMILES string of the molecule is COc1ccc(C2CC(c3cccc4ccccc34)=NN2C(=O)COc2ccc(C=O)cc2)cc1. The summed E-state index contributed by atoms with van der Waals surface area (Å²) in [7, 11) is 1.63. The lowest BCUT2D eigenvalue weighted by atomic mass is 9.95. The molecule has 0 saturated heterocycles. The number of hydrogen-bond donors (Lipinski definition) is 0. The molecule has 35 heavy (non-hydrogen) atoms. The van der Waals surface area contributed by atoms with Crippen molar-refractivity contribution in [1.29, 1.82) is 0 Å². The molecule has 4 aromatic rings. The number of carbonyl (C=O) groups is 2. The van der Waals surface area contributed by atoms with Gasteiger partial charge in [-0.05, 0) is 52.7 Å². The molecule has 0 bridgehead atoms. The molecule has 1 heterocycles. The molecule has 1 unspecified atom stereocenters. The molecular weight excluding hydrogens is 440 g/mol. The van der Waals surface area contributed by atoms with Gasteiger partial charge in [-0.3, -0.25) is 9.59 Å². The highest BCUT2D eigenvalue weighted by atomic mass is 16.5. The van der Waals surface area contributed by atoms with Gasteiger partial charge in [0.05, 0.1) is 18.9 Å². The number of carbonyl (C=O) groups excluding carboxylic acids is 2. The fourth-order valence-corrected chi connectivity index (χ4v) is 4.32. The molecule has 1 aliphatic heterocycles. The van der Waals surface area contributed by atoms with Crippen LogP contribution in [0.15, 0.2) is 96.1 Å². The summed E-state index contributed by atoms with van der Waals surface area (Å²) in [5.74, 6) is 1.02. The van der Waals surface area contributed by atoms with Gasteiger partial charge in [0.25, 0.3) is 5.91 Å². The minimum atomic E-state index is -0.261. The van der Waals surface area contributed by atoms with Gasteiger partial charge in [0, 0.05) is 17.5 Å². The van der Waals surface area contributed by atoms with Crippen molar-refractivity contribution < 1.29 is 19.1 Å². The Labute approximate surface area is 203 Å². The van der Waals surface area contributed by atoms with Crippen molar-refractivity contribution >= 4 is 28.7 Å². The van der Waals surface area contributed by atoms with Crippen LogP contribution in [-0.4, -0.2) is 36.6 Å². The maximum absolute atomic E-state index is 13.3. The maximum Gasteiger partial charge on any atom is 0.281 e. The molecule has 0 aliphatic carbocycles. The molecule has 1 amide bonds. The van der Waals surface area contributed by atoms with Crippen LogP contribution in [0.5, 0.6) is 11.5 Å². The predicted octanol–water partition coefficient (Wildman–Crippen LogP) is 5.42. The molecule has 5 rings (SSSR count). The number of amides is 1. The summed E-state index contributed by atoms with van der Waals surface area (Å²) in [5, 5.41) is 8.54. The van der Waals surface area contributed by atoms with Crippen LogP contribution in [0.4, 0.5) is 0 Å². The number of fused-ring (bicyclic) bond motifs is 1. The monoisotopic (exact) mass is 464 g/mol. The fourth-order valence-electron chi connectivity index (χ4n) is 4.32. The van der Waals surface area contributed by atoms with Gasteiger partial charge in [-0.25, -0.2) is 5.01 Å². The average Bonchev–Trinajstić information content (AvgIpc) is 3.37. The van der Waals surface area contributed by atoms with Crippen LogP contribution in [0.1, 0.15) is 33.9 Å². The Kier molecular flexibility index (Phi) is 6.26. The first-order valence-corrected chi connectivity index (χ1v) is 11.4. The Balaban J connectivity index is 1.45. The van der Waals surface area contributed by atoms with Crippen molar-refractivity contribution in [3.05, 3.63) is 108 Å². The Morgan fingerprint density at radius 1 is 0.943 bits per heavy atom. The normalized spacial score (nSPS) is 15.1. The summed E-state index contributed by atoms with van der Waals surface area (Å²) in [4.78, 5) is 24.2. The molecular formula is C29H24N2O4. The van der Waals surface area contributed by atoms with E-state index in [0.717, 1.165) is 39.6 Å². The van der Waals surface area contributed by atoms with Crippen LogP contribution in [-0.2, 0) is 4.79 Å². The molecule has 0 saturated carbocycles. The van der Waals surface area contributed by atoms with Crippen molar-refractivity contribution in [1.82, 2.24) is 5.01 Å². The standard InChI is InChI=1S/C29H24N2O4/c1-34-23-15-11-22(12-16-23)28-17-27(26-8-4-6-21-5-2-3-7-25(21)26)30-31(28)29(33)19-35-24-13-9-20(18-32)10-14-24/h2-16,18,28H,17,19H2,1H3. The van der Waals surface area contributed by atoms with Crippen LogP contribution in [0.3, 0.4) is 0 Å². The van der Waals surface area contributed by atoms with E-state index in [-0.39, 0.29) is 18.6 Å². The number of nitrogens with zero attached hydrogens (tertiary/aromatic N) is 2. The molecule has 0 spiro atoms. The first kappa shape index (κ1) is 22.3. The van der Waals surface area contributed by atoms with Gasteiger partial charge in [0.2, 0.25) is 0 Å². The second kappa shape index (κ2) is 9.81. The number of benzene rings is 4. The van der Waals surface area contributed by atoms with Crippen molar-refractivity contribution in [2.45, 2.75) is 12.5 Å². The number of hydrogen-bond acceptors (Lipinski definition) is 5. The summed E-state index contributed by atoms with van der Waals surface area (Å²) in [5.41, 5.74) is 3.38. The molecule has 1 atom stereocenters. The second-order valence-corrected chi connectivity index (χ2v) is 8.28. The van der Waals surface area contributed by atoms with Crippen LogP contribution in [0, 0.1) is 0 Å². The zero-order valence-corrected chi connectivity index (χ0v) is 19.3. The summed E-state index contributed by atoms with van der Waals surface area (Å²) in [6, 6.07) is 28.4. The molecule has 1 aliphatic rings. The van der Waals surface area contributed by atoms with E-state index >= 15 is 0 Å². The maximum atomic E-state index is 13.3. The zero-order valence-electron chi connectivity index (χ0n) is 19.3. The molecule has 0 fully saturated rings. The quantitative estimate of drug-likeness (QED) is 0.343. The van der Waals surface area contributed by atoms with Gasteiger partial charge in [-0.1, -0.05) is 54.6 Å². The van der Waals surface area contributed by atoms with E-state index in [1.54, 1.807) is 31.4 Å². The van der Waals surface area contributed by atoms with E-state index in [2.05, 4.69) is 18.2 Å². The van der Waals surface area contributed by atoms with Crippen LogP contribution >= 0.6 is 0 Å². The average molecular weight is 465 g/mol. The third-order valence-corrected chi connectivity index (χ3v) is 6.15. The molecule has 0 N–H and O–H groups in total. The van der Waals surface area contributed by atoms with E-state index in [9.17, 15) is 9.59 Å². The number of rotatable bonds is 7. The van der Waals surface area contributed by atoms with E-state index in [4.69, 9.17) is 14.6 Å². The molecule has 6 nitrogen and oxygen atoms in total. The highest BCUT2D eigenvalue weighted by Gasteiger charge is 2.33. The first-order chi connectivity index (χ1) is 17.2. The lowest BCUT2D eigenvalue weighted by Crippen LogP contribution is -2.31. The summed E-state index contributed by atoms with van der Waals surface area (Å²) >= 11 is 0. The summed E-state index contributed by atoms with van der Waals surface area (Å²) in [6.07, 6.45) is 1.35. The van der Waals surface area contributed by atoms with Gasteiger partial charge < -0.3 is 9.47 Å². The molecule has 6 heteroatoms. The smallest absolute Gasteiger partial charge is 0.281 e. The molecule has 4 aromatic carbocycles.